The predicted molar refractivity (Wildman–Crippen MR) is 61.4 cm³/mol. The summed E-state index contributed by atoms with van der Waals surface area (Å²) in [5.41, 5.74) is -0.520. The quantitative estimate of drug-likeness (QED) is 0.593. The Bertz CT molecular complexity index is 117. The monoisotopic (exact) mass is 205 g/mol. The molecule has 0 rings (SSSR count). The third kappa shape index (κ3) is 8.60. The van der Waals surface area contributed by atoms with E-state index in [1.165, 1.54) is 12.2 Å². The molecule has 0 saturated carbocycles. The van der Waals surface area contributed by atoms with Gasteiger partial charge in [0.15, 0.2) is 0 Å². The van der Waals surface area contributed by atoms with Crippen molar-refractivity contribution in [2.24, 2.45) is 0 Å². The highest BCUT2D eigenvalue weighted by Gasteiger charge is 2.17. The summed E-state index contributed by atoms with van der Waals surface area (Å²) in [5, 5.41) is 13.1. The minimum atomic E-state index is -0.520. The van der Waals surface area contributed by atoms with Crippen LogP contribution in [0.3, 0.4) is 0 Å². The van der Waals surface area contributed by atoms with Crippen LogP contribution in [0.25, 0.3) is 0 Å². The zero-order valence-corrected chi connectivity index (χ0v) is 9.91. The van der Waals surface area contributed by atoms with Crippen molar-refractivity contribution in [2.75, 3.05) is 25.1 Å². The molecule has 2 nitrogen and oxygen atoms in total. The molecule has 0 heterocycles. The maximum Gasteiger partial charge on any atom is 0.0743 e. The summed E-state index contributed by atoms with van der Waals surface area (Å²) in [4.78, 5) is 0. The van der Waals surface area contributed by atoms with E-state index in [0.717, 1.165) is 25.9 Å². The molecule has 0 bridgehead atoms. The minimum Gasteiger partial charge on any atom is -0.389 e. The van der Waals surface area contributed by atoms with E-state index in [1.807, 2.05) is 18.7 Å². The Morgan fingerprint density at radius 3 is 2.69 bits per heavy atom. The summed E-state index contributed by atoms with van der Waals surface area (Å²) in [6.45, 7) is 5.73. The number of thioether (sulfide) groups is 1. The molecular formula is C10H23NOS. The first-order valence-corrected chi connectivity index (χ1v) is 6.44. The summed E-state index contributed by atoms with van der Waals surface area (Å²) in [5.74, 6) is 1.20. The molecular weight excluding hydrogens is 182 g/mol. The van der Waals surface area contributed by atoms with Crippen molar-refractivity contribution < 1.29 is 5.11 Å². The van der Waals surface area contributed by atoms with E-state index < -0.39 is 5.60 Å². The molecule has 0 aromatic rings. The van der Waals surface area contributed by atoms with Crippen LogP contribution in [0.4, 0.5) is 0 Å². The maximum atomic E-state index is 9.80. The van der Waals surface area contributed by atoms with E-state index in [1.54, 1.807) is 0 Å². The second-order valence-corrected chi connectivity index (χ2v) is 4.76. The lowest BCUT2D eigenvalue weighted by molar-refractivity contribution is 0.0503. The van der Waals surface area contributed by atoms with Crippen molar-refractivity contribution in [3.05, 3.63) is 0 Å². The van der Waals surface area contributed by atoms with Gasteiger partial charge >= 0.3 is 0 Å². The molecule has 3 heteroatoms. The van der Waals surface area contributed by atoms with Gasteiger partial charge in [-0.2, -0.15) is 11.8 Å². The Hall–Kier alpha value is 0.270. The first-order valence-electron chi connectivity index (χ1n) is 5.04. The first kappa shape index (κ1) is 13.3. The van der Waals surface area contributed by atoms with Gasteiger partial charge in [-0.1, -0.05) is 13.3 Å². The van der Waals surface area contributed by atoms with Crippen molar-refractivity contribution in [1.29, 1.82) is 0 Å². The van der Waals surface area contributed by atoms with Crippen LogP contribution in [0.15, 0.2) is 0 Å². The molecule has 2 N–H and O–H groups in total. The van der Waals surface area contributed by atoms with Crippen LogP contribution in [-0.2, 0) is 0 Å². The fourth-order valence-electron chi connectivity index (χ4n) is 1.33. The van der Waals surface area contributed by atoms with Crippen LogP contribution in [0, 0.1) is 0 Å². The number of hydrogen-bond acceptors (Lipinski definition) is 3. The average molecular weight is 205 g/mol. The highest BCUT2D eigenvalue weighted by molar-refractivity contribution is 7.98. The van der Waals surface area contributed by atoms with E-state index >= 15 is 0 Å². The molecule has 1 atom stereocenters. The fraction of sp³-hybridized carbons (Fsp3) is 1.00. The van der Waals surface area contributed by atoms with E-state index in [4.69, 9.17) is 0 Å². The molecule has 0 saturated heterocycles. The maximum absolute atomic E-state index is 9.80. The molecule has 0 aliphatic rings. The third-order valence-corrected chi connectivity index (χ3v) is 2.69. The Kier molecular flexibility index (Phi) is 7.81. The van der Waals surface area contributed by atoms with Crippen LogP contribution < -0.4 is 5.32 Å². The molecule has 0 aliphatic heterocycles. The van der Waals surface area contributed by atoms with Crippen LogP contribution >= 0.6 is 11.8 Å². The standard InChI is InChI=1S/C10H23NOS/c1-4-6-10(2,12)9-11-7-5-8-13-3/h11-12H,4-9H2,1-3H3. The summed E-state index contributed by atoms with van der Waals surface area (Å²) in [6.07, 6.45) is 5.22. The van der Waals surface area contributed by atoms with Crippen molar-refractivity contribution in [2.45, 2.75) is 38.7 Å². The molecule has 0 spiro atoms. The van der Waals surface area contributed by atoms with Crippen molar-refractivity contribution in [3.8, 4) is 0 Å². The predicted octanol–water partition coefficient (Wildman–Crippen LogP) is 1.88. The zero-order valence-electron chi connectivity index (χ0n) is 9.10. The highest BCUT2D eigenvalue weighted by atomic mass is 32.2. The second-order valence-electron chi connectivity index (χ2n) is 3.77. The molecule has 0 aromatic heterocycles. The largest absolute Gasteiger partial charge is 0.389 e. The van der Waals surface area contributed by atoms with Gasteiger partial charge in [-0.3, -0.25) is 0 Å². The van der Waals surface area contributed by atoms with Gasteiger partial charge in [0, 0.05) is 6.54 Å². The lowest BCUT2D eigenvalue weighted by Gasteiger charge is -2.22. The number of nitrogens with one attached hydrogen (secondary N) is 1. The molecule has 0 radical (unpaired) electrons. The Balaban J connectivity index is 3.29. The lowest BCUT2D eigenvalue weighted by Crippen LogP contribution is -2.38. The number of aliphatic hydroxyl groups is 1. The van der Waals surface area contributed by atoms with Crippen LogP contribution in [0.2, 0.25) is 0 Å². The lowest BCUT2D eigenvalue weighted by atomic mass is 10.0. The van der Waals surface area contributed by atoms with Crippen LogP contribution in [0.5, 0.6) is 0 Å². The van der Waals surface area contributed by atoms with E-state index in [9.17, 15) is 5.11 Å². The van der Waals surface area contributed by atoms with Gasteiger partial charge in [-0.15, -0.1) is 0 Å². The van der Waals surface area contributed by atoms with Gasteiger partial charge in [-0.25, -0.2) is 0 Å². The summed E-state index contributed by atoms with van der Waals surface area (Å²) < 4.78 is 0. The Labute approximate surface area is 86.5 Å². The van der Waals surface area contributed by atoms with Gasteiger partial charge < -0.3 is 10.4 Å². The highest BCUT2D eigenvalue weighted by Crippen LogP contribution is 2.09. The van der Waals surface area contributed by atoms with E-state index in [-0.39, 0.29) is 0 Å². The Morgan fingerprint density at radius 2 is 2.15 bits per heavy atom. The SMILES string of the molecule is CCCC(C)(O)CNCCCSC. The summed E-state index contributed by atoms with van der Waals surface area (Å²) in [7, 11) is 0. The van der Waals surface area contributed by atoms with Crippen molar-refractivity contribution in [1.82, 2.24) is 5.32 Å². The summed E-state index contributed by atoms with van der Waals surface area (Å²) >= 11 is 1.87. The summed E-state index contributed by atoms with van der Waals surface area (Å²) in [6, 6.07) is 0. The normalized spacial score (nSPS) is 15.7. The average Bonchev–Trinajstić information content (AvgIpc) is 2.04. The number of rotatable bonds is 8. The van der Waals surface area contributed by atoms with Crippen LogP contribution in [-0.4, -0.2) is 35.8 Å². The fourth-order valence-corrected chi connectivity index (χ4v) is 1.76. The molecule has 1 unspecified atom stereocenters. The number of hydrogen-bond donors (Lipinski definition) is 2. The smallest absolute Gasteiger partial charge is 0.0743 e. The van der Waals surface area contributed by atoms with Gasteiger partial charge in [0.2, 0.25) is 0 Å². The van der Waals surface area contributed by atoms with Gasteiger partial charge in [0.1, 0.15) is 0 Å². The zero-order chi connectivity index (χ0) is 10.2. The molecule has 0 aliphatic carbocycles. The molecule has 0 amide bonds. The van der Waals surface area contributed by atoms with Gasteiger partial charge in [-0.05, 0) is 38.3 Å². The van der Waals surface area contributed by atoms with Gasteiger partial charge in [0.05, 0.1) is 5.60 Å². The topological polar surface area (TPSA) is 32.3 Å². The second kappa shape index (κ2) is 7.65. The molecule has 80 valence electrons. The van der Waals surface area contributed by atoms with Crippen molar-refractivity contribution >= 4 is 11.8 Å². The molecule has 0 aromatic carbocycles. The molecule has 13 heavy (non-hydrogen) atoms. The van der Waals surface area contributed by atoms with E-state index in [0.29, 0.717) is 0 Å². The van der Waals surface area contributed by atoms with Crippen molar-refractivity contribution in [3.63, 3.8) is 0 Å². The first-order chi connectivity index (χ1) is 6.12. The van der Waals surface area contributed by atoms with Crippen LogP contribution in [0.1, 0.15) is 33.1 Å². The molecule has 0 fully saturated rings. The van der Waals surface area contributed by atoms with E-state index in [2.05, 4.69) is 18.5 Å². The Morgan fingerprint density at radius 1 is 1.46 bits per heavy atom. The minimum absolute atomic E-state index is 0.520. The third-order valence-electron chi connectivity index (χ3n) is 2.00. The van der Waals surface area contributed by atoms with Gasteiger partial charge in [0.25, 0.3) is 0 Å².